The molecule has 1 aromatic heterocycles. The van der Waals surface area contributed by atoms with Crippen molar-refractivity contribution in [3.05, 3.63) is 28.9 Å². The molecule has 1 N–H and O–H groups in total. The average Bonchev–Trinajstić information content (AvgIpc) is 2.95. The van der Waals surface area contributed by atoms with Gasteiger partial charge in [0.15, 0.2) is 0 Å². The third-order valence-corrected chi connectivity index (χ3v) is 4.36. The molecule has 6 heteroatoms. The molecule has 1 fully saturated rings. The summed E-state index contributed by atoms with van der Waals surface area (Å²) >= 11 is 3.45. The lowest BCUT2D eigenvalue weighted by molar-refractivity contribution is -0.125. The van der Waals surface area contributed by atoms with Crippen molar-refractivity contribution in [3.8, 4) is 0 Å². The molecule has 5 nitrogen and oxygen atoms in total. The van der Waals surface area contributed by atoms with E-state index in [1.807, 2.05) is 45.2 Å². The number of aromatic nitrogens is 2. The van der Waals surface area contributed by atoms with Gasteiger partial charge in [-0.05, 0) is 45.4 Å². The Labute approximate surface area is 144 Å². The number of nitrogens with one attached hydrogen (secondary N) is 1. The van der Waals surface area contributed by atoms with Crippen LogP contribution in [0.4, 0.5) is 5.95 Å². The van der Waals surface area contributed by atoms with Crippen LogP contribution in [-0.2, 0) is 4.79 Å². The maximum absolute atomic E-state index is 12.3. The fourth-order valence-electron chi connectivity index (χ4n) is 2.77. The molecule has 1 aliphatic heterocycles. The predicted octanol–water partition coefficient (Wildman–Crippen LogP) is 3.13. The predicted molar refractivity (Wildman–Crippen MR) is 95.5 cm³/mol. The first-order valence-electron chi connectivity index (χ1n) is 7.81. The number of hydrogen-bond donors (Lipinski definition) is 1. The summed E-state index contributed by atoms with van der Waals surface area (Å²) in [5.74, 6) is 0.814. The van der Waals surface area contributed by atoms with E-state index in [0.29, 0.717) is 12.5 Å². The molecule has 0 bridgehead atoms. The first-order valence-corrected chi connectivity index (χ1v) is 8.60. The summed E-state index contributed by atoms with van der Waals surface area (Å²) < 4.78 is 1.02. The molecule has 1 unspecified atom stereocenters. The minimum Gasteiger partial charge on any atom is -0.351 e. The molecular weight excluding hydrogens is 356 g/mol. The van der Waals surface area contributed by atoms with Gasteiger partial charge < -0.3 is 10.2 Å². The number of amides is 1. The minimum absolute atomic E-state index is 0.00144. The van der Waals surface area contributed by atoms with E-state index in [9.17, 15) is 4.79 Å². The fraction of sp³-hybridized carbons (Fsp3) is 0.471. The topological polar surface area (TPSA) is 58.1 Å². The van der Waals surface area contributed by atoms with Crippen molar-refractivity contribution in [2.24, 2.45) is 5.92 Å². The van der Waals surface area contributed by atoms with E-state index in [4.69, 9.17) is 0 Å². The first kappa shape index (κ1) is 16.2. The van der Waals surface area contributed by atoms with Crippen molar-refractivity contribution in [3.63, 3.8) is 0 Å². The van der Waals surface area contributed by atoms with Crippen LogP contribution in [0.25, 0.3) is 10.9 Å². The normalized spacial score (nSPS) is 18.4. The smallest absolute Gasteiger partial charge is 0.225 e. The maximum atomic E-state index is 12.3. The quantitative estimate of drug-likeness (QED) is 0.874. The van der Waals surface area contributed by atoms with Crippen molar-refractivity contribution in [1.29, 1.82) is 0 Å². The van der Waals surface area contributed by atoms with E-state index in [1.54, 1.807) is 0 Å². The Kier molecular flexibility index (Phi) is 4.27. The lowest BCUT2D eigenvalue weighted by Crippen LogP contribution is -2.44. The highest BCUT2D eigenvalue weighted by Crippen LogP contribution is 2.24. The second kappa shape index (κ2) is 6.07. The molecule has 0 aliphatic carbocycles. The lowest BCUT2D eigenvalue weighted by Gasteiger charge is -2.23. The van der Waals surface area contributed by atoms with Gasteiger partial charge in [0.05, 0.1) is 11.4 Å². The van der Waals surface area contributed by atoms with Crippen molar-refractivity contribution in [2.45, 2.75) is 32.7 Å². The number of carbonyl (C=O) groups is 1. The number of carbonyl (C=O) groups excluding carboxylic acids is 1. The summed E-state index contributed by atoms with van der Waals surface area (Å²) in [7, 11) is 0. The Hall–Kier alpha value is -1.69. The highest BCUT2D eigenvalue weighted by molar-refractivity contribution is 9.10. The highest BCUT2D eigenvalue weighted by atomic mass is 79.9. The number of hydrogen-bond acceptors (Lipinski definition) is 4. The Morgan fingerprint density at radius 2 is 2.17 bits per heavy atom. The van der Waals surface area contributed by atoms with Crippen LogP contribution in [0.5, 0.6) is 0 Å². The highest BCUT2D eigenvalue weighted by Gasteiger charge is 2.31. The van der Waals surface area contributed by atoms with Gasteiger partial charge in [-0.1, -0.05) is 15.9 Å². The molecule has 1 atom stereocenters. The standard InChI is InChI=1S/C17H21BrN4O/c1-17(2,3)21-15(23)11-6-7-22(10-11)16-19-9-12-8-13(18)4-5-14(12)20-16/h4-5,8-9,11H,6-7,10H2,1-3H3,(H,21,23). The third-order valence-electron chi connectivity index (χ3n) is 3.87. The van der Waals surface area contributed by atoms with Crippen LogP contribution >= 0.6 is 15.9 Å². The minimum atomic E-state index is -0.197. The number of benzene rings is 1. The molecule has 23 heavy (non-hydrogen) atoms. The maximum Gasteiger partial charge on any atom is 0.225 e. The number of nitrogens with zero attached hydrogens (tertiary/aromatic N) is 3. The SMILES string of the molecule is CC(C)(C)NC(=O)C1CCN(c2ncc3cc(Br)ccc3n2)C1. The molecule has 0 radical (unpaired) electrons. The van der Waals surface area contributed by atoms with Crippen molar-refractivity contribution in [1.82, 2.24) is 15.3 Å². The van der Waals surface area contributed by atoms with E-state index in [0.717, 1.165) is 28.3 Å². The van der Waals surface area contributed by atoms with E-state index in [2.05, 4.69) is 36.1 Å². The number of fused-ring (bicyclic) bond motifs is 1. The van der Waals surface area contributed by atoms with Crippen LogP contribution < -0.4 is 10.2 Å². The Balaban J connectivity index is 1.74. The molecule has 1 aromatic carbocycles. The van der Waals surface area contributed by atoms with Crippen LogP contribution in [0.3, 0.4) is 0 Å². The van der Waals surface area contributed by atoms with Crippen LogP contribution in [0.15, 0.2) is 28.9 Å². The molecule has 1 amide bonds. The Morgan fingerprint density at radius 1 is 1.39 bits per heavy atom. The van der Waals surface area contributed by atoms with Gasteiger partial charge in [0.1, 0.15) is 0 Å². The van der Waals surface area contributed by atoms with Crippen LogP contribution in [-0.4, -0.2) is 34.5 Å². The molecule has 1 saturated heterocycles. The average molecular weight is 377 g/mol. The fourth-order valence-corrected chi connectivity index (χ4v) is 3.15. The first-order chi connectivity index (χ1) is 10.8. The van der Waals surface area contributed by atoms with E-state index < -0.39 is 0 Å². The number of anilines is 1. The van der Waals surface area contributed by atoms with Gasteiger partial charge in [-0.3, -0.25) is 4.79 Å². The zero-order chi connectivity index (χ0) is 16.6. The molecule has 0 saturated carbocycles. The van der Waals surface area contributed by atoms with Gasteiger partial charge in [0.2, 0.25) is 11.9 Å². The molecule has 1 aliphatic rings. The Bertz CT molecular complexity index is 741. The lowest BCUT2D eigenvalue weighted by atomic mass is 10.0. The number of rotatable bonds is 2. The number of halogens is 1. The largest absolute Gasteiger partial charge is 0.351 e. The monoisotopic (exact) mass is 376 g/mol. The van der Waals surface area contributed by atoms with Gasteiger partial charge in [-0.2, -0.15) is 0 Å². The second-order valence-electron chi connectivity index (χ2n) is 7.04. The molecule has 122 valence electrons. The van der Waals surface area contributed by atoms with E-state index >= 15 is 0 Å². The molecule has 2 heterocycles. The molecular formula is C17H21BrN4O. The second-order valence-corrected chi connectivity index (χ2v) is 7.96. The molecule has 3 rings (SSSR count). The van der Waals surface area contributed by atoms with Gasteiger partial charge in [0.25, 0.3) is 0 Å². The molecule has 2 aromatic rings. The zero-order valence-electron chi connectivity index (χ0n) is 13.6. The van der Waals surface area contributed by atoms with Gasteiger partial charge in [-0.15, -0.1) is 0 Å². The van der Waals surface area contributed by atoms with E-state index in [1.165, 1.54) is 0 Å². The summed E-state index contributed by atoms with van der Waals surface area (Å²) in [6, 6.07) is 5.95. The van der Waals surface area contributed by atoms with Gasteiger partial charge >= 0.3 is 0 Å². The van der Waals surface area contributed by atoms with E-state index in [-0.39, 0.29) is 17.4 Å². The Morgan fingerprint density at radius 3 is 2.91 bits per heavy atom. The molecule has 0 spiro atoms. The van der Waals surface area contributed by atoms with Crippen molar-refractivity contribution < 1.29 is 4.79 Å². The summed E-state index contributed by atoms with van der Waals surface area (Å²) in [5.41, 5.74) is 0.720. The van der Waals surface area contributed by atoms with Crippen LogP contribution in [0, 0.1) is 5.92 Å². The van der Waals surface area contributed by atoms with Crippen LogP contribution in [0.2, 0.25) is 0 Å². The van der Waals surface area contributed by atoms with Gasteiger partial charge in [-0.25, -0.2) is 9.97 Å². The summed E-state index contributed by atoms with van der Waals surface area (Å²) in [5, 5.41) is 4.06. The van der Waals surface area contributed by atoms with Crippen molar-refractivity contribution in [2.75, 3.05) is 18.0 Å². The van der Waals surface area contributed by atoms with Gasteiger partial charge in [0, 0.05) is 34.7 Å². The summed E-state index contributed by atoms with van der Waals surface area (Å²) in [6.07, 6.45) is 2.68. The van der Waals surface area contributed by atoms with Crippen molar-refractivity contribution >= 4 is 38.7 Å². The van der Waals surface area contributed by atoms with Crippen LogP contribution in [0.1, 0.15) is 27.2 Å². The summed E-state index contributed by atoms with van der Waals surface area (Å²) in [6.45, 7) is 7.49. The zero-order valence-corrected chi connectivity index (χ0v) is 15.2. The summed E-state index contributed by atoms with van der Waals surface area (Å²) in [4.78, 5) is 23.5. The third kappa shape index (κ3) is 3.80.